The van der Waals surface area contributed by atoms with Crippen molar-refractivity contribution < 1.29 is 24.3 Å². The number of aromatic nitrogens is 1. The van der Waals surface area contributed by atoms with Crippen LogP contribution in [-0.2, 0) is 25.6 Å². The number of amides is 3. The lowest BCUT2D eigenvalue weighted by molar-refractivity contribution is -0.149. The molecule has 4 unspecified atom stereocenters. The minimum absolute atomic E-state index is 0.0741. The quantitative estimate of drug-likeness (QED) is 0.0659. The lowest BCUT2D eigenvalue weighted by Crippen LogP contribution is -2.57. The van der Waals surface area contributed by atoms with E-state index < -0.39 is 47.9 Å². The highest BCUT2D eigenvalue weighted by Gasteiger charge is 2.38. The van der Waals surface area contributed by atoms with E-state index in [4.69, 9.17) is 17.2 Å². The molecule has 1 aliphatic rings. The first-order valence-corrected chi connectivity index (χ1v) is 13.4. The smallest absolute Gasteiger partial charge is 0.326 e. The monoisotopic (exact) mass is 560 g/mol. The fourth-order valence-electron chi connectivity index (χ4n) is 4.61. The predicted molar refractivity (Wildman–Crippen MR) is 150 cm³/mol. The summed E-state index contributed by atoms with van der Waals surface area (Å²) in [7, 11) is 0. The van der Waals surface area contributed by atoms with Crippen LogP contribution in [0.15, 0.2) is 35.5 Å². The topological polar surface area (TPSA) is 222 Å². The zero-order chi connectivity index (χ0) is 28.5. The number of nitrogens with zero attached hydrogens (tertiary/aromatic N) is 2. The number of likely N-dealkylation sites (tertiary alicyclic amines) is 1. The number of carboxylic acid groups (broad SMARTS) is 1. The zero-order valence-corrected chi connectivity index (χ0v) is 22.4. The van der Waals surface area contributed by atoms with Gasteiger partial charge in [0.25, 0.3) is 0 Å². The van der Waals surface area contributed by atoms with E-state index >= 15 is 0 Å². The van der Waals surface area contributed by atoms with Gasteiger partial charge in [0.1, 0.15) is 18.1 Å². The number of carbonyl (C=O) groups excluding carboxylic acids is 3. The van der Waals surface area contributed by atoms with Gasteiger partial charge in [-0.3, -0.25) is 19.4 Å². The van der Waals surface area contributed by atoms with Crippen molar-refractivity contribution in [1.29, 1.82) is 0 Å². The molecule has 10 N–H and O–H groups in total. The van der Waals surface area contributed by atoms with Crippen molar-refractivity contribution in [3.8, 4) is 0 Å². The van der Waals surface area contributed by atoms with Gasteiger partial charge in [-0.05, 0) is 37.3 Å². The number of fused-ring (bicyclic) bond motifs is 1. The molecule has 212 valence electrons. The molecule has 1 aromatic carbocycles. The van der Waals surface area contributed by atoms with Crippen LogP contribution in [0, 0.1) is 0 Å². The molecular weight excluding hydrogens is 524 g/mol. The molecular formula is C25H36N8O5S. The summed E-state index contributed by atoms with van der Waals surface area (Å²) < 4.78 is 0. The Hall–Kier alpha value is -3.78. The molecule has 3 amide bonds. The van der Waals surface area contributed by atoms with E-state index in [-0.39, 0.29) is 37.6 Å². The number of H-pyrrole nitrogens is 1. The maximum atomic E-state index is 13.6. The fourth-order valence-corrected chi connectivity index (χ4v) is 4.78. The second-order valence-corrected chi connectivity index (χ2v) is 9.82. The van der Waals surface area contributed by atoms with E-state index in [1.54, 1.807) is 6.20 Å². The number of carboxylic acids is 1. The van der Waals surface area contributed by atoms with Gasteiger partial charge < -0.3 is 42.8 Å². The van der Waals surface area contributed by atoms with Crippen LogP contribution in [0.3, 0.4) is 0 Å². The Morgan fingerprint density at radius 2 is 1.87 bits per heavy atom. The van der Waals surface area contributed by atoms with Crippen LogP contribution in [0.1, 0.15) is 31.2 Å². The third-order valence-corrected chi connectivity index (χ3v) is 7.04. The molecule has 0 aliphatic carbocycles. The summed E-state index contributed by atoms with van der Waals surface area (Å²) in [5.41, 5.74) is 18.3. The predicted octanol–water partition coefficient (Wildman–Crippen LogP) is -0.934. The van der Waals surface area contributed by atoms with Gasteiger partial charge in [0.2, 0.25) is 17.7 Å². The van der Waals surface area contributed by atoms with Crippen molar-refractivity contribution in [2.45, 2.75) is 56.3 Å². The Morgan fingerprint density at radius 1 is 1.15 bits per heavy atom. The zero-order valence-electron chi connectivity index (χ0n) is 21.5. The molecule has 1 aliphatic heterocycles. The van der Waals surface area contributed by atoms with Crippen molar-refractivity contribution >= 4 is 53.2 Å². The lowest BCUT2D eigenvalue weighted by atomic mass is 10.0. The number of nitrogens with one attached hydrogen (secondary N) is 3. The van der Waals surface area contributed by atoms with Crippen LogP contribution in [0.25, 0.3) is 10.9 Å². The molecule has 4 atom stereocenters. The number of nitrogens with two attached hydrogens (primary N) is 3. The molecule has 1 fully saturated rings. The number of rotatable bonds is 13. The van der Waals surface area contributed by atoms with Crippen LogP contribution in [0.5, 0.6) is 0 Å². The van der Waals surface area contributed by atoms with Gasteiger partial charge in [0.05, 0.1) is 6.04 Å². The minimum atomic E-state index is -1.10. The van der Waals surface area contributed by atoms with Crippen molar-refractivity contribution in [3.63, 3.8) is 0 Å². The van der Waals surface area contributed by atoms with Gasteiger partial charge in [0, 0.05) is 42.4 Å². The molecule has 14 heteroatoms. The highest BCUT2D eigenvalue weighted by atomic mass is 32.1. The first-order valence-electron chi connectivity index (χ1n) is 12.7. The van der Waals surface area contributed by atoms with Crippen LogP contribution in [0.2, 0.25) is 0 Å². The van der Waals surface area contributed by atoms with Crippen molar-refractivity contribution in [1.82, 2.24) is 20.5 Å². The van der Waals surface area contributed by atoms with Crippen LogP contribution >= 0.6 is 12.6 Å². The van der Waals surface area contributed by atoms with Gasteiger partial charge in [-0.2, -0.15) is 12.6 Å². The Balaban J connectivity index is 1.84. The second kappa shape index (κ2) is 13.8. The Kier molecular flexibility index (Phi) is 10.6. The summed E-state index contributed by atoms with van der Waals surface area (Å²) in [4.78, 5) is 59.7. The third kappa shape index (κ3) is 7.86. The number of benzene rings is 1. The number of aromatic amines is 1. The summed E-state index contributed by atoms with van der Waals surface area (Å²) >= 11 is 4.07. The van der Waals surface area contributed by atoms with Crippen molar-refractivity contribution in [2.24, 2.45) is 22.2 Å². The number of aliphatic imine (C=N–C) groups is 1. The number of guanidine groups is 1. The highest BCUT2D eigenvalue weighted by Crippen LogP contribution is 2.21. The van der Waals surface area contributed by atoms with Crippen LogP contribution in [-0.4, -0.2) is 87.7 Å². The molecule has 0 bridgehead atoms. The summed E-state index contributed by atoms with van der Waals surface area (Å²) in [6.07, 6.45) is 3.26. The van der Waals surface area contributed by atoms with Crippen molar-refractivity contribution in [2.75, 3.05) is 18.8 Å². The first-order chi connectivity index (χ1) is 18.6. The Morgan fingerprint density at radius 3 is 2.56 bits per heavy atom. The van der Waals surface area contributed by atoms with Gasteiger partial charge in [-0.15, -0.1) is 0 Å². The largest absolute Gasteiger partial charge is 0.480 e. The van der Waals surface area contributed by atoms with Crippen LogP contribution < -0.4 is 27.8 Å². The summed E-state index contributed by atoms with van der Waals surface area (Å²) in [6, 6.07) is 3.51. The van der Waals surface area contributed by atoms with E-state index in [0.29, 0.717) is 19.3 Å². The fraction of sp³-hybridized carbons (Fsp3) is 0.480. The third-order valence-electron chi connectivity index (χ3n) is 6.65. The molecule has 1 saturated heterocycles. The van der Waals surface area contributed by atoms with Crippen molar-refractivity contribution in [3.05, 3.63) is 36.0 Å². The van der Waals surface area contributed by atoms with Gasteiger partial charge in [-0.1, -0.05) is 18.2 Å². The molecule has 39 heavy (non-hydrogen) atoms. The summed E-state index contributed by atoms with van der Waals surface area (Å²) in [6.45, 7) is 0.485. The number of aliphatic carboxylic acids is 1. The Bertz CT molecular complexity index is 1210. The Labute approximate surface area is 231 Å². The standard InChI is InChI=1S/C25H36N8O5S/c26-16(13-39)21(34)32-19(11-14-12-30-17-6-2-1-5-15(14)17)22(35)31-18(7-3-9-29-25(27)28)23(36)33-10-4-8-20(33)24(37)38/h1-2,5-6,12,16,18-20,30,39H,3-4,7-11,13,26H2,(H,31,35)(H,32,34)(H,37,38)(H4,27,28,29). The molecule has 1 aromatic heterocycles. The number of hydrogen-bond donors (Lipinski definition) is 8. The summed E-state index contributed by atoms with van der Waals surface area (Å²) in [5, 5.41) is 15.9. The van der Waals surface area contributed by atoms with E-state index in [9.17, 15) is 24.3 Å². The lowest BCUT2D eigenvalue weighted by Gasteiger charge is -2.29. The van der Waals surface area contributed by atoms with Gasteiger partial charge in [-0.25, -0.2) is 4.79 Å². The molecule has 13 nitrogen and oxygen atoms in total. The van der Waals surface area contributed by atoms with E-state index in [1.165, 1.54) is 4.90 Å². The number of hydrogen-bond acceptors (Lipinski definition) is 7. The number of thiol groups is 1. The van der Waals surface area contributed by atoms with Gasteiger partial charge in [0.15, 0.2) is 5.96 Å². The van der Waals surface area contributed by atoms with E-state index in [0.717, 1.165) is 16.5 Å². The normalized spacial score (nSPS) is 17.3. The molecule has 0 spiro atoms. The highest BCUT2D eigenvalue weighted by molar-refractivity contribution is 7.80. The SMILES string of the molecule is NC(N)=NCCCC(NC(=O)C(Cc1c[nH]c2ccccc12)NC(=O)C(N)CS)C(=O)N1CCCC1C(=O)O. The maximum absolute atomic E-state index is 13.6. The minimum Gasteiger partial charge on any atom is -0.480 e. The molecule has 3 rings (SSSR count). The molecule has 0 radical (unpaired) electrons. The molecule has 2 aromatic rings. The second-order valence-electron chi connectivity index (χ2n) is 9.45. The summed E-state index contributed by atoms with van der Waals surface area (Å²) in [5.74, 6) is -2.81. The average molecular weight is 561 g/mol. The van der Waals surface area contributed by atoms with E-state index in [1.807, 2.05) is 24.3 Å². The van der Waals surface area contributed by atoms with Crippen LogP contribution in [0.4, 0.5) is 0 Å². The first kappa shape index (κ1) is 29.8. The number of para-hydroxylation sites is 1. The van der Waals surface area contributed by atoms with Gasteiger partial charge >= 0.3 is 5.97 Å². The molecule has 2 heterocycles. The average Bonchev–Trinajstić information content (AvgIpc) is 3.56. The number of carbonyl (C=O) groups is 4. The maximum Gasteiger partial charge on any atom is 0.326 e. The molecule has 0 saturated carbocycles. The van der Waals surface area contributed by atoms with E-state index in [2.05, 4.69) is 33.2 Å².